The van der Waals surface area contributed by atoms with Gasteiger partial charge in [-0.3, -0.25) is 0 Å². The maximum atomic E-state index is 5.79. The fraction of sp³-hybridized carbons (Fsp3) is 0. The third-order valence-electron chi connectivity index (χ3n) is 2.02. The summed E-state index contributed by atoms with van der Waals surface area (Å²) in [4.78, 5) is 0. The molecule has 0 aromatic heterocycles. The second kappa shape index (κ2) is 6.02. The molecule has 0 saturated carbocycles. The number of anilines is 1. The Balaban J connectivity index is 1.97. The summed E-state index contributed by atoms with van der Waals surface area (Å²) in [7, 11) is 0.765. The molecule has 1 N–H and O–H groups in total. The summed E-state index contributed by atoms with van der Waals surface area (Å²) < 4.78 is 4.33. The second-order valence-corrected chi connectivity index (χ2v) is 4.79. The van der Waals surface area contributed by atoms with Gasteiger partial charge in [-0.15, -0.1) is 0 Å². The standard InChI is InChI=1S/C12H9Cl2N2P/c13-9-1-5-11(6-2-9)15-17-16-12-7-3-10(14)4-8-12/h1-8H,(H,15,16). The SMILES string of the molecule is Clc1ccc(N=PNc2ccc(Cl)cc2)cc1. The van der Waals surface area contributed by atoms with E-state index in [1.54, 1.807) is 0 Å². The normalized spacial score (nSPS) is 10.7. The zero-order chi connectivity index (χ0) is 12.1. The van der Waals surface area contributed by atoms with Crippen LogP contribution < -0.4 is 5.09 Å². The monoisotopic (exact) mass is 282 g/mol. The maximum Gasteiger partial charge on any atom is 0.130 e. The highest BCUT2D eigenvalue weighted by molar-refractivity contribution is 7.29. The molecule has 5 heteroatoms. The Bertz CT molecular complexity index is 509. The highest BCUT2D eigenvalue weighted by atomic mass is 35.5. The van der Waals surface area contributed by atoms with Crippen molar-refractivity contribution in [3.63, 3.8) is 0 Å². The molecule has 0 heterocycles. The lowest BCUT2D eigenvalue weighted by Crippen LogP contribution is -1.78. The van der Waals surface area contributed by atoms with Gasteiger partial charge >= 0.3 is 0 Å². The van der Waals surface area contributed by atoms with Crippen LogP contribution >= 0.6 is 31.7 Å². The number of benzene rings is 2. The zero-order valence-electron chi connectivity index (χ0n) is 8.77. The molecule has 0 saturated heterocycles. The summed E-state index contributed by atoms with van der Waals surface area (Å²) >= 11 is 11.6. The Morgan fingerprint density at radius 3 is 1.94 bits per heavy atom. The Morgan fingerprint density at radius 1 is 0.824 bits per heavy atom. The van der Waals surface area contributed by atoms with E-state index in [2.05, 4.69) is 9.83 Å². The molecule has 0 amide bonds. The minimum absolute atomic E-state index is 0.714. The van der Waals surface area contributed by atoms with Crippen molar-refractivity contribution >= 4 is 43.1 Å². The van der Waals surface area contributed by atoms with Crippen LogP contribution in [0.4, 0.5) is 11.4 Å². The van der Waals surface area contributed by atoms with Crippen LogP contribution in [0.3, 0.4) is 0 Å². The van der Waals surface area contributed by atoms with E-state index in [1.807, 2.05) is 48.5 Å². The van der Waals surface area contributed by atoms with Crippen LogP contribution in [0.15, 0.2) is 53.3 Å². The van der Waals surface area contributed by atoms with Crippen LogP contribution in [0, 0.1) is 0 Å². The summed E-state index contributed by atoms with van der Waals surface area (Å²) in [5, 5.41) is 4.59. The number of rotatable bonds is 3. The van der Waals surface area contributed by atoms with Crippen LogP contribution in [0.2, 0.25) is 10.0 Å². The minimum atomic E-state index is 0.714. The van der Waals surface area contributed by atoms with E-state index in [-0.39, 0.29) is 0 Å². The van der Waals surface area contributed by atoms with Crippen molar-refractivity contribution in [2.24, 2.45) is 4.74 Å². The molecule has 0 radical (unpaired) electrons. The Hall–Kier alpha value is -1.08. The molecule has 0 spiro atoms. The second-order valence-electron chi connectivity index (χ2n) is 3.30. The number of halogens is 2. The fourth-order valence-electron chi connectivity index (χ4n) is 1.17. The van der Waals surface area contributed by atoms with Crippen LogP contribution in [0.25, 0.3) is 0 Å². The Labute approximate surface area is 112 Å². The first-order valence-electron chi connectivity index (χ1n) is 4.92. The van der Waals surface area contributed by atoms with E-state index in [4.69, 9.17) is 23.2 Å². The van der Waals surface area contributed by atoms with Gasteiger partial charge in [-0.2, -0.15) is 0 Å². The molecule has 17 heavy (non-hydrogen) atoms. The maximum absolute atomic E-state index is 5.79. The predicted molar refractivity (Wildman–Crippen MR) is 75.5 cm³/mol. The van der Waals surface area contributed by atoms with Gasteiger partial charge in [0, 0.05) is 15.7 Å². The van der Waals surface area contributed by atoms with Gasteiger partial charge in [0.2, 0.25) is 0 Å². The molecular formula is C12H9Cl2N2P. The predicted octanol–water partition coefficient (Wildman–Crippen LogP) is 5.78. The number of hydrogen-bond acceptors (Lipinski definition) is 1. The van der Waals surface area contributed by atoms with E-state index < -0.39 is 0 Å². The smallest absolute Gasteiger partial charge is 0.130 e. The number of nitrogens with one attached hydrogen (secondary N) is 1. The lowest BCUT2D eigenvalue weighted by Gasteiger charge is -1.98. The van der Waals surface area contributed by atoms with Crippen molar-refractivity contribution in [1.82, 2.24) is 0 Å². The average molecular weight is 283 g/mol. The van der Waals surface area contributed by atoms with E-state index >= 15 is 0 Å². The molecule has 2 nitrogen and oxygen atoms in total. The summed E-state index contributed by atoms with van der Waals surface area (Å²) in [6, 6.07) is 14.9. The van der Waals surface area contributed by atoms with Gasteiger partial charge in [0.05, 0.1) is 5.69 Å². The molecule has 0 aliphatic carbocycles. The Morgan fingerprint density at radius 2 is 1.35 bits per heavy atom. The summed E-state index contributed by atoms with van der Waals surface area (Å²) in [6.07, 6.45) is 0. The molecule has 0 fully saturated rings. The first kappa shape index (κ1) is 12.4. The number of nitrogens with zero attached hydrogens (tertiary/aromatic N) is 1. The van der Waals surface area contributed by atoms with Crippen LogP contribution in [0.5, 0.6) is 0 Å². The molecule has 0 unspecified atom stereocenters. The van der Waals surface area contributed by atoms with Gasteiger partial charge in [0.15, 0.2) is 0 Å². The van der Waals surface area contributed by atoms with E-state index in [0.717, 1.165) is 24.9 Å². The van der Waals surface area contributed by atoms with E-state index in [9.17, 15) is 0 Å². The van der Waals surface area contributed by atoms with Gasteiger partial charge < -0.3 is 5.09 Å². The van der Waals surface area contributed by atoms with Crippen molar-refractivity contribution in [2.45, 2.75) is 0 Å². The van der Waals surface area contributed by atoms with E-state index in [0.29, 0.717) is 5.02 Å². The highest BCUT2D eigenvalue weighted by Gasteiger charge is 1.91. The lowest BCUT2D eigenvalue weighted by atomic mass is 10.3. The molecule has 86 valence electrons. The van der Waals surface area contributed by atoms with Crippen molar-refractivity contribution in [3.8, 4) is 0 Å². The van der Waals surface area contributed by atoms with Crippen molar-refractivity contribution < 1.29 is 0 Å². The molecule has 2 rings (SSSR count). The van der Waals surface area contributed by atoms with Crippen LogP contribution in [0.1, 0.15) is 0 Å². The van der Waals surface area contributed by atoms with Gasteiger partial charge in [-0.05, 0) is 48.5 Å². The lowest BCUT2D eigenvalue weighted by molar-refractivity contribution is 1.56. The molecule has 0 bridgehead atoms. The summed E-state index contributed by atoms with van der Waals surface area (Å²) in [6.45, 7) is 0. The summed E-state index contributed by atoms with van der Waals surface area (Å²) in [5.41, 5.74) is 1.87. The largest absolute Gasteiger partial charge is 0.323 e. The number of hydrogen-bond donors (Lipinski definition) is 1. The van der Waals surface area contributed by atoms with Gasteiger partial charge in [-0.25, -0.2) is 4.74 Å². The van der Waals surface area contributed by atoms with E-state index in [1.165, 1.54) is 0 Å². The van der Waals surface area contributed by atoms with Crippen molar-refractivity contribution in [2.75, 3.05) is 5.09 Å². The molecule has 0 aliphatic heterocycles. The summed E-state index contributed by atoms with van der Waals surface area (Å²) in [5.74, 6) is 0. The van der Waals surface area contributed by atoms with Gasteiger partial charge in [0.25, 0.3) is 0 Å². The third kappa shape index (κ3) is 4.01. The van der Waals surface area contributed by atoms with Crippen molar-refractivity contribution in [3.05, 3.63) is 58.6 Å². The first-order valence-corrected chi connectivity index (χ1v) is 6.52. The topological polar surface area (TPSA) is 24.4 Å². The minimum Gasteiger partial charge on any atom is -0.323 e. The highest BCUT2D eigenvalue weighted by Crippen LogP contribution is 2.22. The van der Waals surface area contributed by atoms with Gasteiger partial charge in [0.1, 0.15) is 8.52 Å². The molecule has 0 atom stereocenters. The van der Waals surface area contributed by atoms with Crippen molar-refractivity contribution in [1.29, 1.82) is 0 Å². The third-order valence-corrected chi connectivity index (χ3v) is 3.21. The quantitative estimate of drug-likeness (QED) is 0.709. The molecule has 2 aromatic carbocycles. The van der Waals surface area contributed by atoms with Gasteiger partial charge in [-0.1, -0.05) is 23.2 Å². The molecule has 2 aromatic rings. The average Bonchev–Trinajstić information content (AvgIpc) is 2.34. The van der Waals surface area contributed by atoms with Crippen LogP contribution in [-0.4, -0.2) is 0 Å². The van der Waals surface area contributed by atoms with Crippen LogP contribution in [-0.2, 0) is 0 Å². The molecule has 0 aliphatic rings. The Kier molecular flexibility index (Phi) is 4.38. The first-order chi connectivity index (χ1) is 8.24. The zero-order valence-corrected chi connectivity index (χ0v) is 11.2. The fourth-order valence-corrected chi connectivity index (χ4v) is 1.99. The molecular weight excluding hydrogens is 274 g/mol.